The van der Waals surface area contributed by atoms with E-state index in [-0.39, 0.29) is 11.9 Å². The summed E-state index contributed by atoms with van der Waals surface area (Å²) in [7, 11) is 0. The Balaban J connectivity index is 2.06. The molecule has 3 nitrogen and oxygen atoms in total. The fourth-order valence-electron chi connectivity index (χ4n) is 2.09. The standard InChI is InChI=1S/C13H16F2N2OS/c1-9-8-16-6-7-17(9)12(18)10-2-4-11(5-3-10)19-13(14)15/h2-5,9,13,16H,6-8H2,1H3. The van der Waals surface area contributed by atoms with Crippen LogP contribution in [0.15, 0.2) is 29.2 Å². The van der Waals surface area contributed by atoms with Crippen molar-refractivity contribution in [1.29, 1.82) is 0 Å². The second-order valence-corrected chi connectivity index (χ2v) is 5.52. The highest BCUT2D eigenvalue weighted by molar-refractivity contribution is 7.99. The van der Waals surface area contributed by atoms with Crippen LogP contribution in [0, 0.1) is 0 Å². The molecule has 1 aromatic carbocycles. The van der Waals surface area contributed by atoms with Crippen LogP contribution in [0.4, 0.5) is 8.78 Å². The number of hydrogen-bond acceptors (Lipinski definition) is 3. The highest BCUT2D eigenvalue weighted by Gasteiger charge is 2.23. The van der Waals surface area contributed by atoms with Crippen LogP contribution in [0.2, 0.25) is 0 Å². The number of hydrogen-bond donors (Lipinski definition) is 1. The third kappa shape index (κ3) is 3.67. The molecule has 1 aliphatic rings. The van der Waals surface area contributed by atoms with Crippen LogP contribution < -0.4 is 5.32 Å². The molecule has 0 radical (unpaired) electrons. The van der Waals surface area contributed by atoms with Crippen LogP contribution in [0.1, 0.15) is 17.3 Å². The van der Waals surface area contributed by atoms with Gasteiger partial charge in [0.1, 0.15) is 0 Å². The first-order valence-corrected chi connectivity index (χ1v) is 7.02. The van der Waals surface area contributed by atoms with Gasteiger partial charge in [0.05, 0.1) is 0 Å². The van der Waals surface area contributed by atoms with Crippen molar-refractivity contribution in [2.24, 2.45) is 0 Å². The minimum atomic E-state index is -2.44. The van der Waals surface area contributed by atoms with E-state index < -0.39 is 5.76 Å². The number of halogens is 2. The Morgan fingerprint density at radius 2 is 2.11 bits per heavy atom. The van der Waals surface area contributed by atoms with Gasteiger partial charge in [0.25, 0.3) is 11.7 Å². The van der Waals surface area contributed by atoms with Gasteiger partial charge in [-0.2, -0.15) is 8.78 Å². The van der Waals surface area contributed by atoms with Gasteiger partial charge in [-0.05, 0) is 31.2 Å². The monoisotopic (exact) mass is 286 g/mol. The summed E-state index contributed by atoms with van der Waals surface area (Å²) in [6.07, 6.45) is 0. The van der Waals surface area contributed by atoms with Crippen LogP contribution >= 0.6 is 11.8 Å². The smallest absolute Gasteiger partial charge is 0.288 e. The molecule has 0 spiro atoms. The molecule has 2 rings (SSSR count). The predicted octanol–water partition coefficient (Wildman–Crippen LogP) is 2.44. The summed E-state index contributed by atoms with van der Waals surface area (Å²) in [4.78, 5) is 14.6. The molecule has 1 N–H and O–H groups in total. The number of amides is 1. The van der Waals surface area contributed by atoms with Crippen molar-refractivity contribution in [2.75, 3.05) is 19.6 Å². The van der Waals surface area contributed by atoms with Gasteiger partial charge >= 0.3 is 0 Å². The molecule has 1 saturated heterocycles. The number of carbonyl (C=O) groups is 1. The zero-order valence-electron chi connectivity index (χ0n) is 10.6. The molecule has 1 atom stereocenters. The van der Waals surface area contributed by atoms with Crippen molar-refractivity contribution in [1.82, 2.24) is 10.2 Å². The van der Waals surface area contributed by atoms with E-state index in [1.807, 2.05) is 11.8 Å². The summed E-state index contributed by atoms with van der Waals surface area (Å²) < 4.78 is 24.4. The van der Waals surface area contributed by atoms with E-state index in [2.05, 4.69) is 5.32 Å². The lowest BCUT2D eigenvalue weighted by Gasteiger charge is -2.34. The topological polar surface area (TPSA) is 32.3 Å². The molecule has 1 fully saturated rings. The summed E-state index contributed by atoms with van der Waals surface area (Å²) >= 11 is 0.487. The average Bonchev–Trinajstić information content (AvgIpc) is 2.39. The quantitative estimate of drug-likeness (QED) is 0.866. The van der Waals surface area contributed by atoms with Gasteiger partial charge in [-0.15, -0.1) is 0 Å². The molecule has 0 aromatic heterocycles. The summed E-state index contributed by atoms with van der Waals surface area (Å²) in [6, 6.07) is 6.51. The summed E-state index contributed by atoms with van der Waals surface area (Å²) in [5.74, 6) is -2.47. The van der Waals surface area contributed by atoms with Crippen molar-refractivity contribution in [3.8, 4) is 0 Å². The number of thioether (sulfide) groups is 1. The minimum Gasteiger partial charge on any atom is -0.333 e. The van der Waals surface area contributed by atoms with Crippen LogP contribution in [-0.2, 0) is 0 Å². The molecule has 0 saturated carbocycles. The summed E-state index contributed by atoms with van der Waals surface area (Å²) in [6.45, 7) is 4.24. The normalized spacial score (nSPS) is 19.8. The minimum absolute atomic E-state index is 0.0393. The Morgan fingerprint density at radius 1 is 1.42 bits per heavy atom. The second-order valence-electron chi connectivity index (χ2n) is 4.45. The zero-order valence-corrected chi connectivity index (χ0v) is 11.4. The predicted molar refractivity (Wildman–Crippen MR) is 71.7 cm³/mol. The molecular weight excluding hydrogens is 270 g/mol. The van der Waals surface area contributed by atoms with Gasteiger partial charge in [0, 0.05) is 36.1 Å². The Morgan fingerprint density at radius 3 is 2.68 bits per heavy atom. The SMILES string of the molecule is CC1CNCCN1C(=O)c1ccc(SC(F)F)cc1. The maximum Gasteiger partial charge on any atom is 0.288 e. The van der Waals surface area contributed by atoms with E-state index in [9.17, 15) is 13.6 Å². The van der Waals surface area contributed by atoms with Gasteiger partial charge in [-0.25, -0.2) is 0 Å². The largest absolute Gasteiger partial charge is 0.333 e. The van der Waals surface area contributed by atoms with Gasteiger partial charge in [-0.3, -0.25) is 4.79 Å². The number of rotatable bonds is 3. The van der Waals surface area contributed by atoms with Crippen LogP contribution in [0.5, 0.6) is 0 Å². The lowest BCUT2D eigenvalue weighted by atomic mass is 10.1. The lowest BCUT2D eigenvalue weighted by Crippen LogP contribution is -2.52. The molecule has 0 aliphatic carbocycles. The van der Waals surface area contributed by atoms with Gasteiger partial charge in [0.15, 0.2) is 0 Å². The molecule has 104 valence electrons. The van der Waals surface area contributed by atoms with Gasteiger partial charge in [-0.1, -0.05) is 11.8 Å². The van der Waals surface area contributed by atoms with Gasteiger partial charge in [0.2, 0.25) is 0 Å². The molecule has 1 aliphatic heterocycles. The molecular formula is C13H16F2N2OS. The van der Waals surface area contributed by atoms with Crippen molar-refractivity contribution in [2.45, 2.75) is 23.6 Å². The molecule has 6 heteroatoms. The maximum absolute atomic E-state index is 12.3. The van der Waals surface area contributed by atoms with Crippen LogP contribution in [0.25, 0.3) is 0 Å². The third-order valence-corrected chi connectivity index (χ3v) is 3.81. The number of carbonyl (C=O) groups excluding carboxylic acids is 1. The Kier molecular flexibility index (Phi) is 4.76. The van der Waals surface area contributed by atoms with E-state index >= 15 is 0 Å². The number of alkyl halides is 2. The highest BCUT2D eigenvalue weighted by Crippen LogP contribution is 2.25. The van der Waals surface area contributed by atoms with Crippen LogP contribution in [0.3, 0.4) is 0 Å². The average molecular weight is 286 g/mol. The lowest BCUT2D eigenvalue weighted by molar-refractivity contribution is 0.0655. The fourth-order valence-corrected chi connectivity index (χ4v) is 2.59. The molecule has 1 unspecified atom stereocenters. The van der Waals surface area contributed by atoms with E-state index in [4.69, 9.17) is 0 Å². The van der Waals surface area contributed by atoms with Crippen LogP contribution in [-0.4, -0.2) is 42.2 Å². The maximum atomic E-state index is 12.3. The number of nitrogens with zero attached hydrogens (tertiary/aromatic N) is 1. The van der Waals surface area contributed by atoms with E-state index in [1.165, 1.54) is 0 Å². The van der Waals surface area contributed by atoms with Crippen molar-refractivity contribution >= 4 is 17.7 Å². The number of piperazine rings is 1. The first-order valence-electron chi connectivity index (χ1n) is 6.14. The zero-order chi connectivity index (χ0) is 13.8. The number of benzene rings is 1. The first kappa shape index (κ1) is 14.3. The molecule has 1 amide bonds. The molecule has 1 heterocycles. The number of nitrogens with one attached hydrogen (secondary N) is 1. The van der Waals surface area contributed by atoms with Crippen molar-refractivity contribution in [3.05, 3.63) is 29.8 Å². The van der Waals surface area contributed by atoms with E-state index in [1.54, 1.807) is 24.3 Å². The Labute approximate surface area is 115 Å². The third-order valence-electron chi connectivity index (χ3n) is 3.09. The molecule has 1 aromatic rings. The Hall–Kier alpha value is -1.14. The summed E-state index contributed by atoms with van der Waals surface area (Å²) in [5.41, 5.74) is 0.548. The fraction of sp³-hybridized carbons (Fsp3) is 0.462. The van der Waals surface area contributed by atoms with E-state index in [0.717, 1.165) is 13.1 Å². The molecule has 19 heavy (non-hydrogen) atoms. The highest BCUT2D eigenvalue weighted by atomic mass is 32.2. The van der Waals surface area contributed by atoms with Crippen molar-refractivity contribution < 1.29 is 13.6 Å². The Bertz CT molecular complexity index is 439. The van der Waals surface area contributed by atoms with E-state index in [0.29, 0.717) is 28.8 Å². The van der Waals surface area contributed by atoms with Crippen molar-refractivity contribution in [3.63, 3.8) is 0 Å². The first-order chi connectivity index (χ1) is 9.08. The second kappa shape index (κ2) is 6.34. The molecule has 0 bridgehead atoms. The summed E-state index contributed by atoms with van der Waals surface area (Å²) in [5, 5.41) is 3.22. The van der Waals surface area contributed by atoms with Gasteiger partial charge < -0.3 is 10.2 Å².